The Balaban J connectivity index is 1.48. The van der Waals surface area contributed by atoms with E-state index < -0.39 is 79.1 Å². The smallest absolute Gasteiger partial charge is 0.246 e. The molecule has 0 bridgehead atoms. The molecule has 3 atom stereocenters. The van der Waals surface area contributed by atoms with Gasteiger partial charge in [-0.3, -0.25) is 48.0 Å². The summed E-state index contributed by atoms with van der Waals surface area (Å²) in [6.45, 7) is 4.15. The number of para-hydroxylation sites is 1. The number of aliphatic imine (C=N–C) groups is 1. The van der Waals surface area contributed by atoms with Crippen molar-refractivity contribution in [3.8, 4) is 0 Å². The minimum absolute atomic E-state index is 0.00186. The van der Waals surface area contributed by atoms with Crippen LogP contribution in [0.3, 0.4) is 0 Å². The van der Waals surface area contributed by atoms with Gasteiger partial charge in [-0.05, 0) is 57.1 Å². The van der Waals surface area contributed by atoms with Crippen LogP contribution in [0.4, 0.5) is 0 Å². The van der Waals surface area contributed by atoms with Gasteiger partial charge in [0, 0.05) is 55.8 Å². The maximum absolute atomic E-state index is 13.7. The highest BCUT2D eigenvalue weighted by molar-refractivity contribution is 5.95. The fourth-order valence-corrected chi connectivity index (χ4v) is 6.75. The van der Waals surface area contributed by atoms with E-state index in [1.54, 1.807) is 17.1 Å². The molecule has 0 spiro atoms. The highest BCUT2D eigenvalue weighted by Gasteiger charge is 2.26. The zero-order chi connectivity index (χ0) is 51.8. The number of aromatic nitrogens is 4. The first kappa shape index (κ1) is 58.1. The van der Waals surface area contributed by atoms with E-state index in [0.717, 1.165) is 29.4 Å². The Hall–Kier alpha value is -7.19. The number of hydrogen-bond acceptors (Lipinski definition) is 14. The Bertz CT molecular complexity index is 2190. The maximum atomic E-state index is 13.7. The molecule has 0 saturated carbocycles. The van der Waals surface area contributed by atoms with E-state index in [-0.39, 0.29) is 70.5 Å². The van der Waals surface area contributed by atoms with E-state index >= 15 is 0 Å². The first-order valence-electron chi connectivity index (χ1n) is 23.6. The quantitative estimate of drug-likeness (QED) is 0.0158. The Labute approximate surface area is 411 Å². The van der Waals surface area contributed by atoms with Crippen molar-refractivity contribution in [1.29, 1.82) is 0 Å². The summed E-state index contributed by atoms with van der Waals surface area (Å²) < 4.78 is 17.8. The zero-order valence-electron chi connectivity index (χ0n) is 40.6. The lowest BCUT2D eigenvalue weighted by Gasteiger charge is -2.21. The molecule has 0 aliphatic carbocycles. The largest absolute Gasteiger partial charge is 0.377 e. The number of rotatable bonds is 37. The number of carbonyl (C=O) groups is 8. The van der Waals surface area contributed by atoms with Crippen LogP contribution < -0.4 is 54.4 Å². The Morgan fingerprint density at radius 1 is 0.704 bits per heavy atom. The second-order valence-corrected chi connectivity index (χ2v) is 16.3. The van der Waals surface area contributed by atoms with Crippen LogP contribution >= 0.6 is 0 Å². The maximum Gasteiger partial charge on any atom is 0.246 e. The fraction of sp³-hybridized carbons (Fsp3) is 0.578. The molecule has 1 aromatic carbocycles. The number of unbranched alkanes of at least 4 members (excludes halogenated alkanes) is 2. The van der Waals surface area contributed by atoms with Crippen LogP contribution in [-0.2, 0) is 65.5 Å². The minimum Gasteiger partial charge on any atom is -0.377 e. The third-order valence-corrected chi connectivity index (χ3v) is 10.4. The van der Waals surface area contributed by atoms with Gasteiger partial charge in [-0.1, -0.05) is 36.8 Å². The van der Waals surface area contributed by atoms with Crippen molar-refractivity contribution >= 4 is 64.1 Å². The average Bonchev–Trinajstić information content (AvgIpc) is 3.96. The van der Waals surface area contributed by atoms with Crippen molar-refractivity contribution < 1.29 is 52.6 Å². The summed E-state index contributed by atoms with van der Waals surface area (Å²) in [6.07, 6.45) is 7.44. The third kappa shape index (κ3) is 24.8. The van der Waals surface area contributed by atoms with Gasteiger partial charge in [0.05, 0.1) is 58.4 Å². The molecule has 392 valence electrons. The normalized spacial score (nSPS) is 12.2. The Kier molecular flexibility index (Phi) is 27.3. The number of carbonyl (C=O) groups excluding carboxylic acids is 8. The molecule has 3 aromatic rings. The number of primary amides is 1. The number of fused-ring (bicyclic) bond motifs is 1. The summed E-state index contributed by atoms with van der Waals surface area (Å²) in [4.78, 5) is 109. The number of guanidine groups is 1. The second kappa shape index (κ2) is 33.4. The second-order valence-electron chi connectivity index (χ2n) is 16.3. The van der Waals surface area contributed by atoms with Crippen molar-refractivity contribution in [2.75, 3.05) is 72.4 Å². The molecule has 26 heteroatoms. The molecule has 8 amide bonds. The van der Waals surface area contributed by atoms with Gasteiger partial charge in [0.2, 0.25) is 47.3 Å². The Morgan fingerprint density at radius 3 is 1.99 bits per heavy atom. The number of nitrogens with one attached hydrogen (secondary N) is 8. The van der Waals surface area contributed by atoms with Gasteiger partial charge < -0.3 is 73.6 Å². The SMILES string of the molecule is CCCCC(=O)NCCOCCOCCOCC(=O)NCC(=O)N[C@H](Cc1c[nH]c2ccccc12)C(=O)NCC(=O)N[C@H](CCCN=C(N)N)C(=O)NCC(=O)N[C@@H](CCCCn1cc(C)nn1)C(N)=O. The minimum atomic E-state index is -1.22. The fourth-order valence-electron chi connectivity index (χ4n) is 6.75. The Morgan fingerprint density at radius 2 is 1.32 bits per heavy atom. The number of H-pyrrole nitrogens is 1. The molecule has 0 saturated heterocycles. The zero-order valence-corrected chi connectivity index (χ0v) is 40.6. The van der Waals surface area contributed by atoms with E-state index in [2.05, 4.69) is 57.5 Å². The van der Waals surface area contributed by atoms with Gasteiger partial charge >= 0.3 is 0 Å². The van der Waals surface area contributed by atoms with Gasteiger partial charge in [0.15, 0.2) is 5.96 Å². The summed E-state index contributed by atoms with van der Waals surface area (Å²) in [5.41, 5.74) is 18.6. The predicted molar refractivity (Wildman–Crippen MR) is 260 cm³/mol. The van der Waals surface area contributed by atoms with Crippen molar-refractivity contribution in [2.45, 2.75) is 96.3 Å². The molecule has 71 heavy (non-hydrogen) atoms. The van der Waals surface area contributed by atoms with Crippen LogP contribution in [0.15, 0.2) is 41.7 Å². The number of nitrogens with zero attached hydrogens (tertiary/aromatic N) is 4. The van der Waals surface area contributed by atoms with Crippen molar-refractivity contribution in [3.05, 3.63) is 47.9 Å². The van der Waals surface area contributed by atoms with E-state index in [4.69, 9.17) is 31.4 Å². The summed E-state index contributed by atoms with van der Waals surface area (Å²) in [5.74, 6) is -5.17. The molecule has 0 fully saturated rings. The summed E-state index contributed by atoms with van der Waals surface area (Å²) in [5, 5.41) is 26.6. The topological polar surface area (TPSA) is 385 Å². The molecule has 2 aromatic heterocycles. The highest BCUT2D eigenvalue weighted by Crippen LogP contribution is 2.19. The van der Waals surface area contributed by atoms with Crippen LogP contribution in [0.1, 0.15) is 69.5 Å². The first-order valence-corrected chi connectivity index (χ1v) is 23.6. The number of aryl methyl sites for hydroxylation is 2. The molecular formula is C45H71N15O11. The lowest BCUT2D eigenvalue weighted by atomic mass is 10.0. The molecule has 2 heterocycles. The van der Waals surface area contributed by atoms with Gasteiger partial charge in [-0.25, -0.2) is 0 Å². The van der Waals surface area contributed by atoms with Crippen LogP contribution in [0.25, 0.3) is 10.9 Å². The van der Waals surface area contributed by atoms with Crippen molar-refractivity contribution in [2.24, 2.45) is 22.2 Å². The lowest BCUT2D eigenvalue weighted by Crippen LogP contribution is -2.54. The average molecular weight is 998 g/mol. The van der Waals surface area contributed by atoms with E-state index in [9.17, 15) is 38.4 Å². The number of hydrogen-bond donors (Lipinski definition) is 11. The van der Waals surface area contributed by atoms with Gasteiger partial charge in [-0.2, -0.15) is 0 Å². The third-order valence-electron chi connectivity index (χ3n) is 10.4. The predicted octanol–water partition coefficient (Wildman–Crippen LogP) is -2.82. The lowest BCUT2D eigenvalue weighted by molar-refractivity contribution is -0.132. The molecule has 14 N–H and O–H groups in total. The van der Waals surface area contributed by atoms with Crippen LogP contribution in [0.5, 0.6) is 0 Å². The number of amides is 8. The van der Waals surface area contributed by atoms with Gasteiger partial charge in [-0.15, -0.1) is 5.10 Å². The highest BCUT2D eigenvalue weighted by atomic mass is 16.5. The molecule has 0 aliphatic rings. The molecular weight excluding hydrogens is 927 g/mol. The number of nitrogens with two attached hydrogens (primary N) is 3. The van der Waals surface area contributed by atoms with E-state index in [1.807, 2.05) is 38.1 Å². The van der Waals surface area contributed by atoms with Crippen molar-refractivity contribution in [1.82, 2.24) is 57.2 Å². The monoisotopic (exact) mass is 998 g/mol. The van der Waals surface area contributed by atoms with Crippen LogP contribution in [-0.4, -0.2) is 164 Å². The van der Waals surface area contributed by atoms with Crippen molar-refractivity contribution in [3.63, 3.8) is 0 Å². The summed E-state index contributed by atoms with van der Waals surface area (Å²) in [7, 11) is 0. The number of benzene rings is 1. The van der Waals surface area contributed by atoms with Crippen LogP contribution in [0.2, 0.25) is 0 Å². The van der Waals surface area contributed by atoms with Gasteiger partial charge in [0.1, 0.15) is 24.7 Å². The molecule has 0 radical (unpaired) electrons. The van der Waals surface area contributed by atoms with E-state index in [1.165, 1.54) is 0 Å². The summed E-state index contributed by atoms with van der Waals surface area (Å²) >= 11 is 0. The number of ether oxygens (including phenoxy) is 3. The standard InChI is InChI=1S/C45H71N15O11/c1-3-4-14-37(61)49-16-18-69-19-20-70-21-22-71-29-41(65)52-25-38(62)57-36(23-31-24-51-33-11-6-5-10-32(31)33)44(68)54-27-40(64)56-35(13-9-15-50-45(47)48)43(67)53-26-39(63)55-34(42(46)66)12-7-8-17-60-28-30(2)58-59-60/h5-6,10-11,24,28,34-36,51H,3-4,7-9,12-23,25-27,29H2,1-2H3,(H2,46,66)(H,49,61)(H,52,65)(H,53,67)(H,54,68)(H,55,63)(H,56,64)(H,57,62)(H4,47,48,50)/t34-,35+,36+/m0/s1. The molecule has 26 nitrogen and oxygen atoms in total. The first-order chi connectivity index (χ1) is 34.1. The number of aromatic amines is 1. The molecule has 0 unspecified atom stereocenters. The van der Waals surface area contributed by atoms with Crippen LogP contribution in [0, 0.1) is 6.92 Å². The van der Waals surface area contributed by atoms with E-state index in [0.29, 0.717) is 51.1 Å². The molecule has 0 aliphatic heterocycles. The molecule has 3 rings (SSSR count). The van der Waals surface area contributed by atoms with Gasteiger partial charge in [0.25, 0.3) is 0 Å². The summed E-state index contributed by atoms with van der Waals surface area (Å²) in [6, 6.07) is 3.91.